The van der Waals surface area contributed by atoms with Crippen LogP contribution in [0.3, 0.4) is 0 Å². The Kier molecular flexibility index (Phi) is 4.33. The molecule has 2 aliphatic rings. The van der Waals surface area contributed by atoms with Crippen molar-refractivity contribution in [1.29, 1.82) is 0 Å². The van der Waals surface area contributed by atoms with E-state index in [-0.39, 0.29) is 6.10 Å². The number of nitrogens with one attached hydrogen (secondary N) is 1. The lowest BCUT2D eigenvalue weighted by molar-refractivity contribution is -0.0800. The van der Waals surface area contributed by atoms with Gasteiger partial charge in [-0.3, -0.25) is 0 Å². The normalized spacial score (nSPS) is 21.1. The molecule has 0 saturated carbocycles. The van der Waals surface area contributed by atoms with Gasteiger partial charge in [0, 0.05) is 32.7 Å². The van der Waals surface area contributed by atoms with Gasteiger partial charge in [0.2, 0.25) is 0 Å². The monoisotopic (exact) mass is 262 g/mol. The molecule has 1 N–H and O–H groups in total. The lowest BCUT2D eigenvalue weighted by Gasteiger charge is -2.29. The third-order valence-electron chi connectivity index (χ3n) is 3.78. The van der Waals surface area contributed by atoms with Crippen molar-refractivity contribution in [2.24, 2.45) is 0 Å². The van der Waals surface area contributed by atoms with Gasteiger partial charge >= 0.3 is 0 Å². The number of hydrogen-bond donors (Lipinski definition) is 1. The maximum Gasteiger partial charge on any atom is 0.145 e. The van der Waals surface area contributed by atoms with Gasteiger partial charge < -0.3 is 19.7 Å². The largest absolute Gasteiger partial charge is 0.485 e. The molecule has 1 aromatic carbocycles. The van der Waals surface area contributed by atoms with Gasteiger partial charge in [0.25, 0.3) is 0 Å². The molecule has 3 rings (SSSR count). The van der Waals surface area contributed by atoms with Crippen molar-refractivity contribution in [2.45, 2.75) is 12.5 Å². The summed E-state index contributed by atoms with van der Waals surface area (Å²) in [5, 5.41) is 3.39. The minimum absolute atomic E-state index is 0.250. The third kappa shape index (κ3) is 3.47. The molecular formula is C15H22N2O2. The van der Waals surface area contributed by atoms with E-state index in [0.29, 0.717) is 0 Å². The molecule has 4 heteroatoms. The summed E-state index contributed by atoms with van der Waals surface area (Å²) in [5.41, 5.74) is 1.31. The first-order valence-corrected chi connectivity index (χ1v) is 7.17. The van der Waals surface area contributed by atoms with E-state index < -0.39 is 0 Å². The molecule has 2 fully saturated rings. The van der Waals surface area contributed by atoms with Crippen molar-refractivity contribution in [1.82, 2.24) is 10.2 Å². The van der Waals surface area contributed by atoms with Crippen LogP contribution in [-0.2, 0) is 11.2 Å². The van der Waals surface area contributed by atoms with Crippen LogP contribution in [0.25, 0.3) is 0 Å². The quantitative estimate of drug-likeness (QED) is 0.855. The summed E-state index contributed by atoms with van der Waals surface area (Å²) in [7, 11) is 0. The first-order valence-electron chi connectivity index (χ1n) is 7.17. The Labute approximate surface area is 114 Å². The van der Waals surface area contributed by atoms with Crippen LogP contribution in [0.4, 0.5) is 0 Å². The minimum Gasteiger partial charge on any atom is -0.485 e. The van der Waals surface area contributed by atoms with Crippen LogP contribution in [0.5, 0.6) is 5.75 Å². The number of piperazine rings is 1. The zero-order valence-electron chi connectivity index (χ0n) is 11.3. The fourth-order valence-corrected chi connectivity index (χ4v) is 2.50. The summed E-state index contributed by atoms with van der Waals surface area (Å²) >= 11 is 0. The maximum absolute atomic E-state index is 5.97. The standard InChI is InChI=1S/C15H22N2O2/c1-2-4-15(19-14-11-18-12-14)13(3-1)5-8-17-9-6-16-7-10-17/h1-4,14,16H,5-12H2. The molecule has 2 heterocycles. The van der Waals surface area contributed by atoms with Crippen molar-refractivity contribution < 1.29 is 9.47 Å². The van der Waals surface area contributed by atoms with E-state index in [0.717, 1.165) is 58.1 Å². The van der Waals surface area contributed by atoms with Gasteiger partial charge in [0.15, 0.2) is 0 Å². The van der Waals surface area contributed by atoms with Gasteiger partial charge in [-0.15, -0.1) is 0 Å². The second-order valence-corrected chi connectivity index (χ2v) is 5.23. The van der Waals surface area contributed by atoms with Gasteiger partial charge in [-0.05, 0) is 18.1 Å². The van der Waals surface area contributed by atoms with E-state index in [2.05, 4.69) is 28.4 Å². The topological polar surface area (TPSA) is 33.7 Å². The molecule has 2 aliphatic heterocycles. The van der Waals surface area contributed by atoms with Crippen LogP contribution in [0.2, 0.25) is 0 Å². The summed E-state index contributed by atoms with van der Waals surface area (Å²) in [5.74, 6) is 1.03. The average Bonchev–Trinajstić information content (AvgIpc) is 2.43. The minimum atomic E-state index is 0.250. The molecule has 0 unspecified atom stereocenters. The predicted molar refractivity (Wildman–Crippen MR) is 74.7 cm³/mol. The summed E-state index contributed by atoms with van der Waals surface area (Å²) in [6.07, 6.45) is 1.31. The smallest absolute Gasteiger partial charge is 0.145 e. The molecule has 4 nitrogen and oxygen atoms in total. The lowest BCUT2D eigenvalue weighted by atomic mass is 10.1. The van der Waals surface area contributed by atoms with Gasteiger partial charge in [-0.25, -0.2) is 0 Å². The maximum atomic E-state index is 5.97. The Morgan fingerprint density at radius 3 is 2.74 bits per heavy atom. The fourth-order valence-electron chi connectivity index (χ4n) is 2.50. The number of hydrogen-bond acceptors (Lipinski definition) is 4. The molecular weight excluding hydrogens is 240 g/mol. The molecule has 1 aromatic rings. The zero-order chi connectivity index (χ0) is 12.9. The van der Waals surface area contributed by atoms with Gasteiger partial charge in [-0.1, -0.05) is 18.2 Å². The average molecular weight is 262 g/mol. The predicted octanol–water partition coefficient (Wildman–Crippen LogP) is 0.912. The summed E-state index contributed by atoms with van der Waals surface area (Å²) in [6, 6.07) is 8.39. The second kappa shape index (κ2) is 6.37. The van der Waals surface area contributed by atoms with Crippen LogP contribution in [0.15, 0.2) is 24.3 Å². The molecule has 0 bridgehead atoms. The van der Waals surface area contributed by atoms with Crippen LogP contribution < -0.4 is 10.1 Å². The van der Waals surface area contributed by atoms with Gasteiger partial charge in [-0.2, -0.15) is 0 Å². The zero-order valence-corrected chi connectivity index (χ0v) is 11.3. The van der Waals surface area contributed by atoms with E-state index in [1.54, 1.807) is 0 Å². The van der Waals surface area contributed by atoms with Gasteiger partial charge in [0.05, 0.1) is 13.2 Å². The van der Waals surface area contributed by atoms with Crippen molar-refractivity contribution in [3.8, 4) is 5.75 Å². The van der Waals surface area contributed by atoms with Crippen molar-refractivity contribution in [2.75, 3.05) is 45.9 Å². The van der Waals surface area contributed by atoms with E-state index in [1.807, 2.05) is 6.07 Å². The molecule has 0 spiro atoms. The van der Waals surface area contributed by atoms with Crippen LogP contribution in [0, 0.1) is 0 Å². The molecule has 0 radical (unpaired) electrons. The Morgan fingerprint density at radius 2 is 2.00 bits per heavy atom. The molecule has 19 heavy (non-hydrogen) atoms. The van der Waals surface area contributed by atoms with Crippen LogP contribution in [0.1, 0.15) is 5.56 Å². The molecule has 0 aliphatic carbocycles. The Balaban J connectivity index is 1.56. The molecule has 0 amide bonds. The third-order valence-corrected chi connectivity index (χ3v) is 3.78. The number of benzene rings is 1. The lowest BCUT2D eigenvalue weighted by Crippen LogP contribution is -2.44. The highest BCUT2D eigenvalue weighted by molar-refractivity contribution is 5.33. The van der Waals surface area contributed by atoms with Crippen LogP contribution in [-0.4, -0.2) is 56.9 Å². The fraction of sp³-hybridized carbons (Fsp3) is 0.600. The van der Waals surface area contributed by atoms with E-state index in [1.165, 1.54) is 5.56 Å². The number of rotatable bonds is 5. The van der Waals surface area contributed by atoms with E-state index in [9.17, 15) is 0 Å². The molecule has 0 atom stereocenters. The second-order valence-electron chi connectivity index (χ2n) is 5.23. The molecule has 0 aromatic heterocycles. The van der Waals surface area contributed by atoms with E-state index >= 15 is 0 Å². The highest BCUT2D eigenvalue weighted by Gasteiger charge is 2.21. The Bertz CT molecular complexity index is 401. The first kappa shape index (κ1) is 12.9. The van der Waals surface area contributed by atoms with Crippen LogP contribution >= 0.6 is 0 Å². The van der Waals surface area contributed by atoms with Crippen molar-refractivity contribution in [3.05, 3.63) is 29.8 Å². The van der Waals surface area contributed by atoms with Crippen molar-refractivity contribution in [3.63, 3.8) is 0 Å². The SMILES string of the molecule is c1ccc(OC2COC2)c(CCN2CCNCC2)c1. The highest BCUT2D eigenvalue weighted by atomic mass is 16.6. The molecule has 2 saturated heterocycles. The Hall–Kier alpha value is -1.10. The van der Waals surface area contributed by atoms with Crippen molar-refractivity contribution >= 4 is 0 Å². The summed E-state index contributed by atoms with van der Waals surface area (Å²) in [4.78, 5) is 2.51. The molecule has 104 valence electrons. The number of nitrogens with zero attached hydrogens (tertiary/aromatic N) is 1. The van der Waals surface area contributed by atoms with E-state index in [4.69, 9.17) is 9.47 Å². The van der Waals surface area contributed by atoms with Gasteiger partial charge in [0.1, 0.15) is 11.9 Å². The number of ether oxygens (including phenoxy) is 2. The highest BCUT2D eigenvalue weighted by Crippen LogP contribution is 2.22. The Morgan fingerprint density at radius 1 is 1.21 bits per heavy atom. The summed E-state index contributed by atoms with van der Waals surface area (Å²) in [6.45, 7) is 7.09. The number of para-hydroxylation sites is 1. The first-order chi connectivity index (χ1) is 9.42. The summed E-state index contributed by atoms with van der Waals surface area (Å²) < 4.78 is 11.1.